The van der Waals surface area contributed by atoms with Crippen molar-refractivity contribution in [3.8, 4) is 0 Å². The Morgan fingerprint density at radius 1 is 1.17 bits per heavy atom. The van der Waals surface area contributed by atoms with Crippen molar-refractivity contribution in [3.63, 3.8) is 0 Å². The molecule has 0 bridgehead atoms. The Morgan fingerprint density at radius 3 is 2.71 bits per heavy atom. The Balaban J connectivity index is 1.98. The quantitative estimate of drug-likeness (QED) is 0.620. The molecule has 0 atom stereocenters. The van der Waals surface area contributed by atoms with Crippen LogP contribution in [-0.4, -0.2) is 41.3 Å². The highest BCUT2D eigenvalue weighted by Gasteiger charge is 2.09. The second-order valence-corrected chi connectivity index (χ2v) is 6.62. The molecule has 0 fully saturated rings. The predicted molar refractivity (Wildman–Crippen MR) is 102 cm³/mol. The van der Waals surface area contributed by atoms with Crippen molar-refractivity contribution in [2.75, 3.05) is 20.6 Å². The van der Waals surface area contributed by atoms with E-state index in [0.29, 0.717) is 16.0 Å². The standard InChI is InChI=1S/C18H18Cl2N4/c1-23(2)9-10-24-17-6-4-3-5-16(17)22-18(24)21-12-13-7-8-14(19)11-15(13)20/h3-8,11-12H,9-10H2,1-2H3/b21-12+. The number of rotatable bonds is 5. The van der Waals surface area contributed by atoms with Crippen LogP contribution < -0.4 is 0 Å². The molecule has 0 N–H and O–H groups in total. The van der Waals surface area contributed by atoms with Crippen LogP contribution in [-0.2, 0) is 6.54 Å². The molecular weight excluding hydrogens is 343 g/mol. The van der Waals surface area contributed by atoms with Gasteiger partial charge in [-0.25, -0.2) is 9.98 Å². The summed E-state index contributed by atoms with van der Waals surface area (Å²) in [7, 11) is 4.10. The number of fused-ring (bicyclic) bond motifs is 1. The fourth-order valence-electron chi connectivity index (χ4n) is 2.42. The van der Waals surface area contributed by atoms with Crippen LogP contribution in [0.4, 0.5) is 5.95 Å². The maximum atomic E-state index is 6.21. The number of para-hydroxylation sites is 2. The van der Waals surface area contributed by atoms with Gasteiger partial charge in [0.05, 0.1) is 16.1 Å². The molecule has 1 heterocycles. The monoisotopic (exact) mass is 360 g/mol. The molecule has 0 aliphatic rings. The molecule has 24 heavy (non-hydrogen) atoms. The third kappa shape index (κ3) is 3.78. The summed E-state index contributed by atoms with van der Waals surface area (Å²) in [5.41, 5.74) is 2.83. The van der Waals surface area contributed by atoms with E-state index in [-0.39, 0.29) is 0 Å². The smallest absolute Gasteiger partial charge is 0.230 e. The van der Waals surface area contributed by atoms with Gasteiger partial charge in [-0.05, 0) is 38.4 Å². The number of aromatic nitrogens is 2. The Labute approximate surface area is 151 Å². The van der Waals surface area contributed by atoms with Crippen molar-refractivity contribution >= 4 is 46.4 Å². The zero-order chi connectivity index (χ0) is 17.1. The Kier molecular flexibility index (Phi) is 5.19. The maximum absolute atomic E-state index is 6.21. The van der Waals surface area contributed by atoms with Gasteiger partial charge in [-0.1, -0.05) is 41.4 Å². The van der Waals surface area contributed by atoms with E-state index in [4.69, 9.17) is 23.2 Å². The SMILES string of the molecule is CN(C)CCn1c(/N=C/c2ccc(Cl)cc2Cl)nc2ccccc21. The lowest BCUT2D eigenvalue weighted by Crippen LogP contribution is -2.18. The summed E-state index contributed by atoms with van der Waals surface area (Å²) in [5, 5.41) is 1.18. The summed E-state index contributed by atoms with van der Waals surface area (Å²) in [4.78, 5) is 11.3. The predicted octanol–water partition coefficient (Wildman–Crippen LogP) is 4.66. The number of aliphatic imine (C=N–C) groups is 1. The van der Waals surface area contributed by atoms with Crippen molar-refractivity contribution in [2.45, 2.75) is 6.54 Å². The number of likely N-dealkylation sites (N-methyl/N-ethyl adjacent to an activating group) is 1. The first kappa shape index (κ1) is 17.0. The molecule has 1 aromatic heterocycles. The van der Waals surface area contributed by atoms with Gasteiger partial charge in [0.15, 0.2) is 0 Å². The molecule has 3 rings (SSSR count). The average Bonchev–Trinajstić information content (AvgIpc) is 2.89. The van der Waals surface area contributed by atoms with E-state index < -0.39 is 0 Å². The molecule has 0 aliphatic heterocycles. The summed E-state index contributed by atoms with van der Waals surface area (Å²) in [6, 6.07) is 13.4. The molecule has 2 aromatic carbocycles. The molecule has 3 aromatic rings. The van der Waals surface area contributed by atoms with E-state index in [1.165, 1.54) is 0 Å². The second-order valence-electron chi connectivity index (χ2n) is 5.78. The Bertz CT molecular complexity index is 884. The van der Waals surface area contributed by atoms with Crippen molar-refractivity contribution in [1.82, 2.24) is 14.5 Å². The van der Waals surface area contributed by atoms with Crippen LogP contribution in [0.25, 0.3) is 11.0 Å². The van der Waals surface area contributed by atoms with Crippen molar-refractivity contribution in [1.29, 1.82) is 0 Å². The third-order valence-electron chi connectivity index (χ3n) is 3.69. The maximum Gasteiger partial charge on any atom is 0.230 e. The topological polar surface area (TPSA) is 33.4 Å². The molecule has 124 valence electrons. The lowest BCUT2D eigenvalue weighted by atomic mass is 10.2. The van der Waals surface area contributed by atoms with Crippen molar-refractivity contribution in [2.24, 2.45) is 4.99 Å². The molecule has 4 nitrogen and oxygen atoms in total. The van der Waals surface area contributed by atoms with Gasteiger partial charge in [-0.2, -0.15) is 0 Å². The van der Waals surface area contributed by atoms with Crippen LogP contribution in [0.15, 0.2) is 47.5 Å². The number of hydrogen-bond acceptors (Lipinski definition) is 3. The van der Waals surface area contributed by atoms with E-state index in [9.17, 15) is 0 Å². The van der Waals surface area contributed by atoms with Gasteiger partial charge in [0, 0.05) is 29.9 Å². The van der Waals surface area contributed by atoms with Gasteiger partial charge in [-0.3, -0.25) is 0 Å². The molecule has 0 saturated carbocycles. The third-order valence-corrected chi connectivity index (χ3v) is 4.25. The van der Waals surface area contributed by atoms with Gasteiger partial charge in [0.25, 0.3) is 0 Å². The van der Waals surface area contributed by atoms with Gasteiger partial charge < -0.3 is 9.47 Å². The number of halogens is 2. The number of hydrogen-bond donors (Lipinski definition) is 0. The molecule has 0 radical (unpaired) electrons. The molecule has 0 amide bonds. The van der Waals surface area contributed by atoms with E-state index in [0.717, 1.165) is 29.7 Å². The lowest BCUT2D eigenvalue weighted by molar-refractivity contribution is 0.387. The first-order chi connectivity index (χ1) is 11.5. The first-order valence-electron chi connectivity index (χ1n) is 7.64. The molecular formula is C18H18Cl2N4. The number of nitrogens with zero attached hydrogens (tertiary/aromatic N) is 4. The normalized spacial score (nSPS) is 11.9. The molecule has 0 aliphatic carbocycles. The highest BCUT2D eigenvalue weighted by molar-refractivity contribution is 6.36. The summed E-state index contributed by atoms with van der Waals surface area (Å²) in [5.74, 6) is 0.670. The highest BCUT2D eigenvalue weighted by Crippen LogP contribution is 2.23. The van der Waals surface area contributed by atoms with E-state index in [2.05, 4.69) is 39.6 Å². The van der Waals surface area contributed by atoms with E-state index >= 15 is 0 Å². The zero-order valence-electron chi connectivity index (χ0n) is 13.6. The minimum atomic E-state index is 0.571. The van der Waals surface area contributed by atoms with Gasteiger partial charge >= 0.3 is 0 Å². The summed E-state index contributed by atoms with van der Waals surface area (Å²) < 4.78 is 2.12. The van der Waals surface area contributed by atoms with Crippen LogP contribution in [0.3, 0.4) is 0 Å². The molecule has 0 spiro atoms. The fourth-order valence-corrected chi connectivity index (χ4v) is 2.87. The van der Waals surface area contributed by atoms with Gasteiger partial charge in [-0.15, -0.1) is 0 Å². The number of benzene rings is 2. The van der Waals surface area contributed by atoms with Gasteiger partial charge in [0.1, 0.15) is 0 Å². The highest BCUT2D eigenvalue weighted by atomic mass is 35.5. The molecule has 0 unspecified atom stereocenters. The number of imidazole rings is 1. The van der Waals surface area contributed by atoms with Crippen molar-refractivity contribution in [3.05, 3.63) is 58.1 Å². The summed E-state index contributed by atoms with van der Waals surface area (Å²) in [6.07, 6.45) is 1.73. The summed E-state index contributed by atoms with van der Waals surface area (Å²) >= 11 is 12.1. The van der Waals surface area contributed by atoms with Gasteiger partial charge in [0.2, 0.25) is 5.95 Å². The second kappa shape index (κ2) is 7.34. The largest absolute Gasteiger partial charge is 0.308 e. The van der Waals surface area contributed by atoms with Crippen LogP contribution >= 0.6 is 23.2 Å². The summed E-state index contributed by atoms with van der Waals surface area (Å²) in [6.45, 7) is 1.72. The van der Waals surface area contributed by atoms with Crippen LogP contribution in [0.2, 0.25) is 10.0 Å². The molecule has 6 heteroatoms. The zero-order valence-corrected chi connectivity index (χ0v) is 15.1. The molecule has 0 saturated heterocycles. The average molecular weight is 361 g/mol. The fraction of sp³-hybridized carbons (Fsp3) is 0.222. The minimum absolute atomic E-state index is 0.571. The van der Waals surface area contributed by atoms with Crippen LogP contribution in [0, 0.1) is 0 Å². The van der Waals surface area contributed by atoms with E-state index in [1.807, 2.05) is 24.3 Å². The minimum Gasteiger partial charge on any atom is -0.308 e. The van der Waals surface area contributed by atoms with Crippen LogP contribution in [0.1, 0.15) is 5.56 Å². The van der Waals surface area contributed by atoms with Crippen molar-refractivity contribution < 1.29 is 0 Å². The lowest BCUT2D eigenvalue weighted by Gasteiger charge is -2.11. The van der Waals surface area contributed by atoms with Crippen LogP contribution in [0.5, 0.6) is 0 Å². The first-order valence-corrected chi connectivity index (χ1v) is 8.39. The Morgan fingerprint density at radius 2 is 1.96 bits per heavy atom. The Hall–Kier alpha value is -1.88. The van der Waals surface area contributed by atoms with E-state index in [1.54, 1.807) is 18.3 Å².